The molecule has 0 unspecified atom stereocenters. The fourth-order valence-corrected chi connectivity index (χ4v) is 3.31. The molecule has 0 saturated heterocycles. The fourth-order valence-electron chi connectivity index (χ4n) is 1.72. The second kappa shape index (κ2) is 5.97. The van der Waals surface area contributed by atoms with Crippen LogP contribution in [0, 0.1) is 0 Å². The molecule has 2 aromatic rings. The van der Waals surface area contributed by atoms with Crippen molar-refractivity contribution in [1.29, 1.82) is 0 Å². The van der Waals surface area contributed by atoms with Crippen molar-refractivity contribution in [1.82, 2.24) is 14.8 Å². The molecule has 0 aliphatic heterocycles. The van der Waals surface area contributed by atoms with E-state index < -0.39 is 0 Å². The summed E-state index contributed by atoms with van der Waals surface area (Å²) in [5, 5.41) is 7.09. The molecule has 0 atom stereocenters. The van der Waals surface area contributed by atoms with E-state index >= 15 is 0 Å². The van der Waals surface area contributed by atoms with E-state index in [2.05, 4.69) is 26.1 Å². The van der Waals surface area contributed by atoms with E-state index in [1.54, 1.807) is 16.7 Å². The van der Waals surface area contributed by atoms with Crippen LogP contribution in [0.4, 0.5) is 0 Å². The third-order valence-corrected chi connectivity index (χ3v) is 4.69. The van der Waals surface area contributed by atoms with Crippen LogP contribution in [-0.4, -0.2) is 20.5 Å². The predicted molar refractivity (Wildman–Crippen MR) is 81.5 cm³/mol. The van der Waals surface area contributed by atoms with Crippen LogP contribution in [0.2, 0.25) is 0 Å². The molecule has 20 heavy (non-hydrogen) atoms. The number of H-pyrrole nitrogens is 1. The van der Waals surface area contributed by atoms with E-state index in [-0.39, 0.29) is 17.5 Å². The first-order chi connectivity index (χ1) is 9.40. The van der Waals surface area contributed by atoms with Gasteiger partial charge in [0.05, 0.1) is 0 Å². The Morgan fingerprint density at radius 1 is 1.45 bits per heavy atom. The van der Waals surface area contributed by atoms with Gasteiger partial charge in [-0.25, -0.2) is 9.89 Å². The number of hydrogen-bond donors (Lipinski definition) is 1. The van der Waals surface area contributed by atoms with Gasteiger partial charge in [0.15, 0.2) is 10.9 Å². The molecule has 0 aliphatic carbocycles. The Morgan fingerprint density at radius 3 is 2.70 bits per heavy atom. The molecule has 1 aromatic carbocycles. The van der Waals surface area contributed by atoms with Gasteiger partial charge in [0.25, 0.3) is 0 Å². The molecule has 106 valence electrons. The Morgan fingerprint density at radius 2 is 2.15 bits per heavy atom. The lowest BCUT2D eigenvalue weighted by Crippen LogP contribution is -2.19. The minimum atomic E-state index is -0.223. The normalized spacial score (nSPS) is 11.1. The van der Waals surface area contributed by atoms with Gasteiger partial charge >= 0.3 is 5.69 Å². The lowest BCUT2D eigenvalue weighted by Gasteiger charge is -2.09. The minimum absolute atomic E-state index is 0.0149. The zero-order valence-corrected chi connectivity index (χ0v) is 13.7. The maximum Gasteiger partial charge on any atom is 0.344 e. The number of rotatable bonds is 4. The van der Waals surface area contributed by atoms with E-state index in [1.807, 2.05) is 19.9 Å². The monoisotopic (exact) mass is 355 g/mol. The highest BCUT2D eigenvalue weighted by atomic mass is 79.9. The third kappa shape index (κ3) is 3.04. The summed E-state index contributed by atoms with van der Waals surface area (Å²) in [7, 11) is 0. The number of carbonyl (C=O) groups is 1. The van der Waals surface area contributed by atoms with Crippen LogP contribution in [0.25, 0.3) is 0 Å². The number of aromatic nitrogens is 3. The van der Waals surface area contributed by atoms with E-state index in [9.17, 15) is 9.59 Å². The molecule has 2 rings (SSSR count). The molecule has 0 amide bonds. The fraction of sp³-hybridized carbons (Fsp3) is 0.308. The SMILES string of the molecule is CC(=O)c1ccc(Sc2n[nH]c(=O)n2C(C)C)c(Br)c1. The summed E-state index contributed by atoms with van der Waals surface area (Å²) < 4.78 is 2.40. The summed E-state index contributed by atoms with van der Waals surface area (Å²) in [6, 6.07) is 5.41. The Hall–Kier alpha value is -1.34. The van der Waals surface area contributed by atoms with Gasteiger partial charge in [0.2, 0.25) is 0 Å². The van der Waals surface area contributed by atoms with Crippen LogP contribution < -0.4 is 5.69 Å². The Labute approximate surface area is 128 Å². The van der Waals surface area contributed by atoms with Crippen molar-refractivity contribution < 1.29 is 4.79 Å². The van der Waals surface area contributed by atoms with Crippen molar-refractivity contribution >= 4 is 33.5 Å². The number of nitrogens with one attached hydrogen (secondary N) is 1. The van der Waals surface area contributed by atoms with E-state index in [4.69, 9.17) is 0 Å². The second-order valence-electron chi connectivity index (χ2n) is 4.58. The van der Waals surface area contributed by atoms with E-state index in [1.165, 1.54) is 18.7 Å². The van der Waals surface area contributed by atoms with Gasteiger partial charge in [-0.2, -0.15) is 0 Å². The molecule has 1 aromatic heterocycles. The van der Waals surface area contributed by atoms with Crippen LogP contribution in [0.1, 0.15) is 37.2 Å². The average Bonchev–Trinajstić information content (AvgIpc) is 2.72. The van der Waals surface area contributed by atoms with Crippen LogP contribution in [0.3, 0.4) is 0 Å². The Kier molecular flexibility index (Phi) is 4.49. The number of benzene rings is 1. The van der Waals surface area contributed by atoms with E-state index in [0.717, 1.165) is 9.37 Å². The first kappa shape index (κ1) is 15.1. The quantitative estimate of drug-likeness (QED) is 0.854. The molecule has 0 fully saturated rings. The Bertz CT molecular complexity index is 706. The van der Waals surface area contributed by atoms with Crippen molar-refractivity contribution in [3.63, 3.8) is 0 Å². The van der Waals surface area contributed by atoms with Gasteiger partial charge in [0, 0.05) is 21.0 Å². The van der Waals surface area contributed by atoms with Crippen molar-refractivity contribution in [3.05, 3.63) is 38.7 Å². The standard InChI is InChI=1S/C13H14BrN3O2S/c1-7(2)17-12(19)15-16-13(17)20-11-5-4-9(8(3)18)6-10(11)14/h4-7H,1-3H3,(H,15,19). The van der Waals surface area contributed by atoms with Crippen LogP contribution >= 0.6 is 27.7 Å². The molecular weight excluding hydrogens is 342 g/mol. The molecule has 0 aliphatic rings. The summed E-state index contributed by atoms with van der Waals surface area (Å²) in [5.74, 6) is 0.0149. The summed E-state index contributed by atoms with van der Waals surface area (Å²) >= 11 is 4.82. The first-order valence-electron chi connectivity index (χ1n) is 6.05. The molecule has 1 heterocycles. The summed E-state index contributed by atoms with van der Waals surface area (Å²) in [6.07, 6.45) is 0. The van der Waals surface area contributed by atoms with Crippen molar-refractivity contribution in [2.75, 3.05) is 0 Å². The summed E-state index contributed by atoms with van der Waals surface area (Å²) in [5.41, 5.74) is 0.420. The maximum absolute atomic E-state index is 11.7. The van der Waals surface area contributed by atoms with Crippen LogP contribution in [0.15, 0.2) is 37.5 Å². The molecule has 7 heteroatoms. The second-order valence-corrected chi connectivity index (χ2v) is 6.44. The summed E-state index contributed by atoms with van der Waals surface area (Å²) in [4.78, 5) is 23.9. The molecular formula is C13H14BrN3O2S. The molecule has 0 spiro atoms. The van der Waals surface area contributed by atoms with Crippen molar-refractivity contribution in [2.45, 2.75) is 36.9 Å². The van der Waals surface area contributed by atoms with Gasteiger partial charge in [-0.1, -0.05) is 6.07 Å². The zero-order valence-electron chi connectivity index (χ0n) is 11.3. The number of halogens is 1. The number of carbonyl (C=O) groups excluding carboxylic acids is 1. The van der Waals surface area contributed by atoms with Gasteiger partial charge in [-0.05, 0) is 60.6 Å². The lowest BCUT2D eigenvalue weighted by molar-refractivity contribution is 0.101. The van der Waals surface area contributed by atoms with Crippen LogP contribution in [0.5, 0.6) is 0 Å². The highest BCUT2D eigenvalue weighted by Crippen LogP contribution is 2.33. The topological polar surface area (TPSA) is 67.8 Å². The molecule has 5 nitrogen and oxygen atoms in total. The molecule has 0 bridgehead atoms. The van der Waals surface area contributed by atoms with Crippen molar-refractivity contribution in [3.8, 4) is 0 Å². The zero-order chi connectivity index (χ0) is 14.9. The number of hydrogen-bond acceptors (Lipinski definition) is 4. The van der Waals surface area contributed by atoms with Gasteiger partial charge in [-0.3, -0.25) is 9.36 Å². The van der Waals surface area contributed by atoms with Gasteiger partial charge < -0.3 is 0 Å². The first-order valence-corrected chi connectivity index (χ1v) is 7.66. The molecule has 0 radical (unpaired) electrons. The Balaban J connectivity index is 2.36. The number of Topliss-reactive ketones (excluding diaryl/α,β-unsaturated/α-hetero) is 1. The highest BCUT2D eigenvalue weighted by Gasteiger charge is 2.14. The number of nitrogens with zero attached hydrogens (tertiary/aromatic N) is 2. The van der Waals surface area contributed by atoms with Crippen molar-refractivity contribution in [2.24, 2.45) is 0 Å². The summed E-state index contributed by atoms with van der Waals surface area (Å²) in [6.45, 7) is 5.38. The maximum atomic E-state index is 11.7. The van der Waals surface area contributed by atoms with Gasteiger partial charge in [0.1, 0.15) is 0 Å². The third-order valence-electron chi connectivity index (χ3n) is 2.73. The largest absolute Gasteiger partial charge is 0.344 e. The molecule has 1 N–H and O–H groups in total. The smallest absolute Gasteiger partial charge is 0.295 e. The molecule has 0 saturated carbocycles. The predicted octanol–water partition coefficient (Wildman–Crippen LogP) is 3.27. The van der Waals surface area contributed by atoms with E-state index in [0.29, 0.717) is 10.7 Å². The van der Waals surface area contributed by atoms with Crippen LogP contribution in [-0.2, 0) is 0 Å². The minimum Gasteiger partial charge on any atom is -0.295 e. The lowest BCUT2D eigenvalue weighted by atomic mass is 10.2. The number of ketones is 1. The number of aromatic amines is 1. The van der Waals surface area contributed by atoms with Gasteiger partial charge in [-0.15, -0.1) is 5.10 Å². The highest BCUT2D eigenvalue weighted by molar-refractivity contribution is 9.10. The average molecular weight is 356 g/mol.